The van der Waals surface area contributed by atoms with Crippen molar-refractivity contribution in [3.63, 3.8) is 0 Å². The number of nitrogens with one attached hydrogen (secondary N) is 2. The van der Waals surface area contributed by atoms with E-state index in [1.165, 1.54) is 11.1 Å². The molecule has 2 N–H and O–H groups in total. The Morgan fingerprint density at radius 1 is 1.39 bits per heavy atom. The topological polar surface area (TPSA) is 36.4 Å². The molecular formula is C13H21BrIN3. The third kappa shape index (κ3) is 6.04. The Labute approximate surface area is 135 Å². The van der Waals surface area contributed by atoms with Gasteiger partial charge >= 0.3 is 0 Å². The average Bonchev–Trinajstić information content (AvgIpc) is 2.25. The van der Waals surface area contributed by atoms with Gasteiger partial charge in [-0.15, -0.1) is 24.0 Å². The van der Waals surface area contributed by atoms with Crippen molar-refractivity contribution in [1.29, 1.82) is 0 Å². The van der Waals surface area contributed by atoms with Gasteiger partial charge in [-0.25, -0.2) is 0 Å². The molecule has 0 aliphatic rings. The van der Waals surface area contributed by atoms with Crippen molar-refractivity contribution in [3.05, 3.63) is 33.8 Å². The first-order valence-electron chi connectivity index (χ1n) is 5.75. The standard InChI is InChI=1S/C13H20BrN3.HI/c1-9(2)17-13(15-4)16-8-11-5-6-12(14)7-10(11)3;/h5-7,9H,8H2,1-4H3,(H2,15,16,17);1H. The first kappa shape index (κ1) is 17.7. The molecule has 18 heavy (non-hydrogen) atoms. The number of aryl methyl sites for hydroxylation is 1. The first-order chi connectivity index (χ1) is 8.02. The van der Waals surface area contributed by atoms with Crippen LogP contribution in [-0.4, -0.2) is 19.0 Å². The molecule has 0 amide bonds. The fourth-order valence-corrected chi connectivity index (χ4v) is 1.98. The summed E-state index contributed by atoms with van der Waals surface area (Å²) in [6.45, 7) is 7.08. The van der Waals surface area contributed by atoms with Crippen molar-refractivity contribution in [3.8, 4) is 0 Å². The van der Waals surface area contributed by atoms with Gasteiger partial charge in [-0.1, -0.05) is 22.0 Å². The second kappa shape index (κ2) is 8.74. The first-order valence-corrected chi connectivity index (χ1v) is 6.54. The molecule has 3 nitrogen and oxygen atoms in total. The van der Waals surface area contributed by atoms with Crippen LogP contribution in [0.15, 0.2) is 27.7 Å². The highest BCUT2D eigenvalue weighted by atomic mass is 127. The van der Waals surface area contributed by atoms with Crippen molar-refractivity contribution < 1.29 is 0 Å². The molecular weight excluding hydrogens is 405 g/mol. The molecule has 1 rings (SSSR count). The molecule has 0 fully saturated rings. The van der Waals surface area contributed by atoms with Crippen LogP contribution in [-0.2, 0) is 6.54 Å². The van der Waals surface area contributed by atoms with Crippen LogP contribution in [0, 0.1) is 6.92 Å². The Morgan fingerprint density at radius 3 is 2.56 bits per heavy atom. The molecule has 0 saturated heterocycles. The molecule has 0 radical (unpaired) electrons. The van der Waals surface area contributed by atoms with Crippen molar-refractivity contribution in [1.82, 2.24) is 10.6 Å². The maximum absolute atomic E-state index is 4.18. The minimum absolute atomic E-state index is 0. The SMILES string of the molecule is CN=C(NCc1ccc(Br)cc1C)NC(C)C.I. The predicted molar refractivity (Wildman–Crippen MR) is 92.8 cm³/mol. The molecule has 0 atom stereocenters. The zero-order valence-electron chi connectivity index (χ0n) is 11.2. The lowest BCUT2D eigenvalue weighted by Crippen LogP contribution is -2.40. The molecule has 0 spiro atoms. The van der Waals surface area contributed by atoms with Gasteiger partial charge in [0.15, 0.2) is 5.96 Å². The summed E-state index contributed by atoms with van der Waals surface area (Å²) in [4.78, 5) is 4.18. The van der Waals surface area contributed by atoms with Gasteiger partial charge in [0.25, 0.3) is 0 Å². The number of guanidine groups is 1. The van der Waals surface area contributed by atoms with E-state index in [-0.39, 0.29) is 24.0 Å². The Bertz CT molecular complexity index is 405. The van der Waals surface area contributed by atoms with E-state index in [1.807, 2.05) is 0 Å². The van der Waals surface area contributed by atoms with Crippen molar-refractivity contribution in [2.75, 3.05) is 7.05 Å². The van der Waals surface area contributed by atoms with Gasteiger partial charge in [0, 0.05) is 24.1 Å². The summed E-state index contributed by atoms with van der Waals surface area (Å²) in [5, 5.41) is 6.56. The molecule has 5 heteroatoms. The summed E-state index contributed by atoms with van der Waals surface area (Å²) in [6, 6.07) is 6.68. The number of nitrogens with zero attached hydrogens (tertiary/aromatic N) is 1. The normalized spacial score (nSPS) is 11.1. The van der Waals surface area contributed by atoms with Gasteiger partial charge in [-0.3, -0.25) is 4.99 Å². The van der Waals surface area contributed by atoms with Gasteiger partial charge in [0.1, 0.15) is 0 Å². The third-order valence-corrected chi connectivity index (χ3v) is 2.89. The zero-order chi connectivity index (χ0) is 12.8. The van der Waals surface area contributed by atoms with Gasteiger partial charge in [0.2, 0.25) is 0 Å². The number of aliphatic imine (C=N–C) groups is 1. The lowest BCUT2D eigenvalue weighted by molar-refractivity contribution is 0.699. The quantitative estimate of drug-likeness (QED) is 0.442. The highest BCUT2D eigenvalue weighted by Crippen LogP contribution is 2.15. The summed E-state index contributed by atoms with van der Waals surface area (Å²) in [5.74, 6) is 0.835. The summed E-state index contributed by atoms with van der Waals surface area (Å²) in [6.07, 6.45) is 0. The summed E-state index contributed by atoms with van der Waals surface area (Å²) < 4.78 is 1.11. The fourth-order valence-electron chi connectivity index (χ4n) is 1.50. The molecule has 0 bridgehead atoms. The van der Waals surface area contributed by atoms with E-state index in [2.05, 4.69) is 70.5 Å². The lowest BCUT2D eigenvalue weighted by Gasteiger charge is -2.15. The van der Waals surface area contributed by atoms with Crippen LogP contribution >= 0.6 is 39.9 Å². The number of rotatable bonds is 3. The van der Waals surface area contributed by atoms with E-state index in [0.717, 1.165) is 17.0 Å². The van der Waals surface area contributed by atoms with Crippen molar-refractivity contribution in [2.45, 2.75) is 33.4 Å². The summed E-state index contributed by atoms with van der Waals surface area (Å²) in [7, 11) is 1.78. The van der Waals surface area contributed by atoms with Crippen molar-refractivity contribution in [2.24, 2.45) is 4.99 Å². The third-order valence-electron chi connectivity index (χ3n) is 2.40. The van der Waals surface area contributed by atoms with Gasteiger partial charge < -0.3 is 10.6 Å². The van der Waals surface area contributed by atoms with Crippen LogP contribution in [0.25, 0.3) is 0 Å². The van der Waals surface area contributed by atoms with Crippen LogP contribution in [0.3, 0.4) is 0 Å². The van der Waals surface area contributed by atoms with E-state index < -0.39 is 0 Å². The molecule has 0 aliphatic carbocycles. The van der Waals surface area contributed by atoms with E-state index in [0.29, 0.717) is 6.04 Å². The van der Waals surface area contributed by atoms with E-state index in [9.17, 15) is 0 Å². The average molecular weight is 426 g/mol. The second-order valence-corrected chi connectivity index (χ2v) is 5.21. The molecule has 1 aromatic carbocycles. The van der Waals surface area contributed by atoms with Gasteiger partial charge in [0.05, 0.1) is 0 Å². The Morgan fingerprint density at radius 2 is 2.06 bits per heavy atom. The van der Waals surface area contributed by atoms with Gasteiger partial charge in [-0.2, -0.15) is 0 Å². The minimum atomic E-state index is 0. The number of hydrogen-bond donors (Lipinski definition) is 2. The van der Waals surface area contributed by atoms with Crippen molar-refractivity contribution >= 4 is 45.9 Å². The predicted octanol–water partition coefficient (Wildman–Crippen LogP) is 3.45. The second-order valence-electron chi connectivity index (χ2n) is 4.30. The van der Waals surface area contributed by atoms with Gasteiger partial charge in [-0.05, 0) is 44.0 Å². The fraction of sp³-hybridized carbons (Fsp3) is 0.462. The van der Waals surface area contributed by atoms with Crippen LogP contribution in [0.2, 0.25) is 0 Å². The molecule has 0 unspecified atom stereocenters. The van der Waals surface area contributed by atoms with Crippen LogP contribution in [0.1, 0.15) is 25.0 Å². The molecule has 0 heterocycles. The molecule has 0 aromatic heterocycles. The maximum Gasteiger partial charge on any atom is 0.191 e. The Balaban J connectivity index is 0.00000289. The monoisotopic (exact) mass is 425 g/mol. The van der Waals surface area contributed by atoms with E-state index in [1.54, 1.807) is 7.05 Å². The minimum Gasteiger partial charge on any atom is -0.354 e. The zero-order valence-corrected chi connectivity index (χ0v) is 15.2. The van der Waals surface area contributed by atoms with E-state index in [4.69, 9.17) is 0 Å². The molecule has 102 valence electrons. The molecule has 0 saturated carbocycles. The summed E-state index contributed by atoms with van der Waals surface area (Å²) in [5.41, 5.74) is 2.55. The Kier molecular flexibility index (Phi) is 8.60. The number of halogens is 2. The highest BCUT2D eigenvalue weighted by Gasteiger charge is 2.02. The van der Waals surface area contributed by atoms with E-state index >= 15 is 0 Å². The smallest absolute Gasteiger partial charge is 0.191 e. The maximum atomic E-state index is 4.18. The lowest BCUT2D eigenvalue weighted by atomic mass is 10.1. The van der Waals surface area contributed by atoms with Crippen LogP contribution < -0.4 is 10.6 Å². The molecule has 0 aliphatic heterocycles. The molecule has 1 aromatic rings. The van der Waals surface area contributed by atoms with Crippen LogP contribution in [0.5, 0.6) is 0 Å². The van der Waals surface area contributed by atoms with Crippen LogP contribution in [0.4, 0.5) is 0 Å². The number of benzene rings is 1. The highest BCUT2D eigenvalue weighted by molar-refractivity contribution is 14.0. The number of hydrogen-bond acceptors (Lipinski definition) is 1. The largest absolute Gasteiger partial charge is 0.354 e. The Hall–Kier alpha value is -0.300. The summed E-state index contributed by atoms with van der Waals surface area (Å²) >= 11 is 3.47.